The summed E-state index contributed by atoms with van der Waals surface area (Å²) in [6.45, 7) is 11.9. The maximum atomic E-state index is 5.90. The zero-order valence-electron chi connectivity index (χ0n) is 17.5. The topological polar surface area (TPSA) is 43.3 Å². The van der Waals surface area contributed by atoms with E-state index in [1.165, 1.54) is 0 Å². The van der Waals surface area contributed by atoms with Crippen LogP contribution in [0.4, 0.5) is 0 Å². The Morgan fingerprint density at radius 1 is 1.25 bits per heavy atom. The van der Waals surface area contributed by atoms with Crippen molar-refractivity contribution in [2.24, 2.45) is 4.99 Å². The number of piperazine rings is 1. The first-order valence-electron chi connectivity index (χ1n) is 9.80. The van der Waals surface area contributed by atoms with E-state index in [2.05, 4.69) is 40.9 Å². The maximum absolute atomic E-state index is 5.90. The van der Waals surface area contributed by atoms with Gasteiger partial charge >= 0.3 is 0 Å². The molecular formula is C20H35ClIN5O. The van der Waals surface area contributed by atoms with Crippen LogP contribution in [0.2, 0.25) is 5.02 Å². The number of aliphatic imine (C=N–C) groups is 1. The van der Waals surface area contributed by atoms with E-state index in [0.717, 1.165) is 62.5 Å². The van der Waals surface area contributed by atoms with Crippen molar-refractivity contribution in [1.82, 2.24) is 20.0 Å². The molecule has 0 amide bonds. The van der Waals surface area contributed by atoms with Crippen molar-refractivity contribution >= 4 is 41.5 Å². The summed E-state index contributed by atoms with van der Waals surface area (Å²) in [5.74, 6) is 1.76. The molecule has 1 saturated heterocycles. The highest BCUT2D eigenvalue weighted by molar-refractivity contribution is 14.0. The molecule has 1 aromatic rings. The summed E-state index contributed by atoms with van der Waals surface area (Å²) in [6, 6.07) is 7.90. The van der Waals surface area contributed by atoms with Crippen LogP contribution in [0.25, 0.3) is 0 Å². The summed E-state index contributed by atoms with van der Waals surface area (Å²) in [5, 5.41) is 4.10. The number of guanidine groups is 1. The second kappa shape index (κ2) is 13.5. The summed E-state index contributed by atoms with van der Waals surface area (Å²) in [6.07, 6.45) is 0. The van der Waals surface area contributed by atoms with Crippen LogP contribution in [0.5, 0.6) is 5.75 Å². The number of ether oxygens (including phenoxy) is 1. The smallest absolute Gasteiger partial charge is 0.193 e. The Morgan fingerprint density at radius 2 is 1.89 bits per heavy atom. The number of hydrogen-bond donors (Lipinski definition) is 1. The SMILES string of the molecule is CCNC(=NCC(C)N1CCN(C)CC1)N(C)CCOc1ccc(Cl)cc1.I. The minimum absolute atomic E-state index is 0. The number of benzene rings is 1. The van der Waals surface area contributed by atoms with Gasteiger partial charge in [0, 0.05) is 50.8 Å². The van der Waals surface area contributed by atoms with Crippen LogP contribution in [0.15, 0.2) is 29.3 Å². The maximum Gasteiger partial charge on any atom is 0.193 e. The highest BCUT2D eigenvalue weighted by Crippen LogP contribution is 2.15. The summed E-state index contributed by atoms with van der Waals surface area (Å²) in [5.41, 5.74) is 0. The van der Waals surface area contributed by atoms with Gasteiger partial charge in [0.1, 0.15) is 12.4 Å². The molecule has 1 aliphatic heterocycles. The first-order valence-corrected chi connectivity index (χ1v) is 10.2. The van der Waals surface area contributed by atoms with Crippen LogP contribution in [-0.4, -0.2) is 93.2 Å². The Balaban J connectivity index is 0.00000392. The highest BCUT2D eigenvalue weighted by atomic mass is 127. The van der Waals surface area contributed by atoms with Crippen molar-refractivity contribution in [2.45, 2.75) is 19.9 Å². The molecule has 1 N–H and O–H groups in total. The molecule has 0 aromatic heterocycles. The van der Waals surface area contributed by atoms with E-state index in [9.17, 15) is 0 Å². The number of likely N-dealkylation sites (N-methyl/N-ethyl adjacent to an activating group) is 2. The van der Waals surface area contributed by atoms with Gasteiger partial charge in [-0.3, -0.25) is 9.89 Å². The first kappa shape index (κ1) is 25.3. The molecule has 6 nitrogen and oxygen atoms in total. The van der Waals surface area contributed by atoms with Gasteiger partial charge in [-0.25, -0.2) is 0 Å². The lowest BCUT2D eigenvalue weighted by atomic mass is 10.2. The zero-order chi connectivity index (χ0) is 19.6. The molecule has 0 spiro atoms. The normalized spacial score (nSPS) is 17.0. The van der Waals surface area contributed by atoms with E-state index in [4.69, 9.17) is 21.3 Å². The van der Waals surface area contributed by atoms with Crippen LogP contribution in [0.3, 0.4) is 0 Å². The molecule has 160 valence electrons. The Labute approximate surface area is 192 Å². The van der Waals surface area contributed by atoms with Gasteiger partial charge in [-0.15, -0.1) is 24.0 Å². The zero-order valence-corrected chi connectivity index (χ0v) is 20.6. The molecule has 28 heavy (non-hydrogen) atoms. The van der Waals surface area contributed by atoms with Crippen LogP contribution < -0.4 is 10.1 Å². The van der Waals surface area contributed by atoms with Gasteiger partial charge in [-0.1, -0.05) is 11.6 Å². The molecule has 1 fully saturated rings. The first-order chi connectivity index (χ1) is 13.0. The predicted octanol–water partition coefficient (Wildman–Crippen LogP) is 2.87. The fraction of sp³-hybridized carbons (Fsp3) is 0.650. The quantitative estimate of drug-likeness (QED) is 0.323. The van der Waals surface area contributed by atoms with Gasteiger partial charge in [0.25, 0.3) is 0 Å². The lowest BCUT2D eigenvalue weighted by Gasteiger charge is -2.36. The van der Waals surface area contributed by atoms with Gasteiger partial charge in [0.05, 0.1) is 13.1 Å². The van der Waals surface area contributed by atoms with E-state index in [1.54, 1.807) is 0 Å². The number of hydrogen-bond acceptors (Lipinski definition) is 4. The fourth-order valence-corrected chi connectivity index (χ4v) is 3.13. The molecule has 1 aliphatic rings. The second-order valence-electron chi connectivity index (χ2n) is 7.11. The molecule has 8 heteroatoms. The van der Waals surface area contributed by atoms with Crippen molar-refractivity contribution in [3.8, 4) is 5.75 Å². The molecule has 1 aromatic carbocycles. The Morgan fingerprint density at radius 3 is 2.50 bits per heavy atom. The molecule has 1 heterocycles. The van der Waals surface area contributed by atoms with Crippen LogP contribution in [0, 0.1) is 0 Å². The van der Waals surface area contributed by atoms with Gasteiger partial charge < -0.3 is 19.9 Å². The summed E-state index contributed by atoms with van der Waals surface area (Å²) in [4.78, 5) is 11.9. The van der Waals surface area contributed by atoms with Gasteiger partial charge in [-0.2, -0.15) is 0 Å². The van der Waals surface area contributed by atoms with E-state index >= 15 is 0 Å². The van der Waals surface area contributed by atoms with E-state index < -0.39 is 0 Å². The van der Waals surface area contributed by atoms with E-state index in [1.807, 2.05) is 31.3 Å². The summed E-state index contributed by atoms with van der Waals surface area (Å²) in [7, 11) is 4.23. The standard InChI is InChI=1S/C20H34ClN5O.HI/c1-5-22-20(23-16-17(2)26-12-10-24(3)11-13-26)25(4)14-15-27-19-8-6-18(21)7-9-19;/h6-9,17H,5,10-16H2,1-4H3,(H,22,23);1H. The van der Waals surface area contributed by atoms with Crippen molar-refractivity contribution in [1.29, 1.82) is 0 Å². The molecule has 0 bridgehead atoms. The third-order valence-corrected chi connectivity index (χ3v) is 5.12. The van der Waals surface area contributed by atoms with Crippen LogP contribution in [-0.2, 0) is 0 Å². The molecule has 2 rings (SSSR count). The molecular weight excluding hydrogens is 489 g/mol. The number of nitrogens with zero attached hydrogens (tertiary/aromatic N) is 4. The minimum atomic E-state index is 0. The molecule has 0 radical (unpaired) electrons. The average molecular weight is 524 g/mol. The molecule has 1 atom stereocenters. The van der Waals surface area contributed by atoms with Gasteiger partial charge in [0.2, 0.25) is 0 Å². The summed E-state index contributed by atoms with van der Waals surface area (Å²) < 4.78 is 5.79. The van der Waals surface area contributed by atoms with Gasteiger partial charge in [0.15, 0.2) is 5.96 Å². The van der Waals surface area contributed by atoms with Crippen LogP contribution >= 0.6 is 35.6 Å². The lowest BCUT2D eigenvalue weighted by molar-refractivity contribution is 0.122. The van der Waals surface area contributed by atoms with E-state index in [-0.39, 0.29) is 24.0 Å². The third-order valence-electron chi connectivity index (χ3n) is 4.87. The highest BCUT2D eigenvalue weighted by Gasteiger charge is 2.19. The monoisotopic (exact) mass is 523 g/mol. The number of halogens is 2. The number of nitrogens with one attached hydrogen (secondary N) is 1. The second-order valence-corrected chi connectivity index (χ2v) is 7.54. The van der Waals surface area contributed by atoms with Crippen molar-refractivity contribution < 1.29 is 4.74 Å². The van der Waals surface area contributed by atoms with Crippen LogP contribution in [0.1, 0.15) is 13.8 Å². The molecule has 1 unspecified atom stereocenters. The lowest BCUT2D eigenvalue weighted by Crippen LogP contribution is -2.49. The predicted molar refractivity (Wildman–Crippen MR) is 130 cm³/mol. The largest absolute Gasteiger partial charge is 0.492 e. The fourth-order valence-electron chi connectivity index (χ4n) is 3.00. The van der Waals surface area contributed by atoms with Crippen molar-refractivity contribution in [2.75, 3.05) is 66.5 Å². The third kappa shape index (κ3) is 8.71. The minimum Gasteiger partial charge on any atom is -0.492 e. The Kier molecular flexibility index (Phi) is 12.1. The molecule has 0 saturated carbocycles. The Hall–Kier alpha value is -0.770. The van der Waals surface area contributed by atoms with Crippen molar-refractivity contribution in [3.63, 3.8) is 0 Å². The Bertz CT molecular complexity index is 578. The van der Waals surface area contributed by atoms with E-state index in [0.29, 0.717) is 12.6 Å². The van der Waals surface area contributed by atoms with Crippen molar-refractivity contribution in [3.05, 3.63) is 29.3 Å². The van der Waals surface area contributed by atoms with Gasteiger partial charge in [-0.05, 0) is 45.2 Å². The molecule has 0 aliphatic carbocycles. The average Bonchev–Trinajstić information content (AvgIpc) is 2.67. The summed E-state index contributed by atoms with van der Waals surface area (Å²) >= 11 is 5.90. The number of rotatable bonds is 8.